The van der Waals surface area contributed by atoms with E-state index in [2.05, 4.69) is 206 Å². The van der Waals surface area contributed by atoms with Gasteiger partial charge in [-0.15, -0.1) is 0 Å². The lowest BCUT2D eigenvalue weighted by atomic mass is 9.65. The van der Waals surface area contributed by atoms with Gasteiger partial charge < -0.3 is 4.74 Å². The lowest BCUT2D eigenvalue weighted by Gasteiger charge is -2.40. The van der Waals surface area contributed by atoms with Crippen molar-refractivity contribution in [2.24, 2.45) is 0 Å². The fourth-order valence-electron chi connectivity index (χ4n) is 10.5. The molecule has 1 unspecified atom stereocenters. The van der Waals surface area contributed by atoms with Crippen LogP contribution in [0.15, 0.2) is 206 Å². The molecule has 1 aliphatic heterocycles. The van der Waals surface area contributed by atoms with Crippen molar-refractivity contribution < 1.29 is 4.74 Å². The molecule has 0 aromatic heterocycles. The van der Waals surface area contributed by atoms with Crippen LogP contribution < -0.4 is 4.74 Å². The molecule has 12 rings (SSSR count). The van der Waals surface area contributed by atoms with Crippen LogP contribution in [0.5, 0.6) is 11.5 Å². The van der Waals surface area contributed by atoms with Crippen LogP contribution in [-0.4, -0.2) is 0 Å². The normalized spacial score (nSPS) is 16.4. The van der Waals surface area contributed by atoms with Gasteiger partial charge >= 0.3 is 0 Å². The number of rotatable bonds is 3. The van der Waals surface area contributed by atoms with Gasteiger partial charge in [-0.25, -0.2) is 0 Å². The van der Waals surface area contributed by atoms with Gasteiger partial charge in [0.1, 0.15) is 11.5 Å². The van der Waals surface area contributed by atoms with Crippen LogP contribution in [0.25, 0.3) is 44.2 Å². The van der Waals surface area contributed by atoms with Crippen LogP contribution in [0.1, 0.15) is 44.5 Å². The molecule has 9 aromatic rings. The van der Waals surface area contributed by atoms with Crippen molar-refractivity contribution in [3.05, 3.63) is 251 Å². The summed E-state index contributed by atoms with van der Waals surface area (Å²) in [5, 5.41) is 2.54. The molecule has 0 amide bonds. The predicted molar refractivity (Wildman–Crippen MR) is 224 cm³/mol. The SMILES string of the molecule is c1ccc(C2(c3ccc(-c4cccc5c4Oc4ccccc4C54c5ccccc5-c5ccccc54)cc3)c3ccccc3-c3ccc4ccccc4c32)cc1. The quantitative estimate of drug-likeness (QED) is 0.178. The zero-order chi connectivity index (χ0) is 36.1. The summed E-state index contributed by atoms with van der Waals surface area (Å²) in [7, 11) is 0. The Balaban J connectivity index is 1.10. The molecule has 1 atom stereocenters. The van der Waals surface area contributed by atoms with Crippen molar-refractivity contribution >= 4 is 10.8 Å². The maximum Gasteiger partial charge on any atom is 0.140 e. The summed E-state index contributed by atoms with van der Waals surface area (Å²) in [6.07, 6.45) is 0. The standard InChI is InChI=1S/C54H34O/c1-2-16-37(17-3-1)53(45-23-9-8-21-43(45)44-34-31-35-15-4-5-18-39(35)51(44)53)38-32-29-36(30-33-38)40-22-14-27-49-52(40)55-50-28-13-12-26-48(50)54(49)46-24-10-6-19-41(46)42-20-7-11-25-47(42)54/h1-34H. The van der Waals surface area contributed by atoms with E-state index in [-0.39, 0.29) is 0 Å². The largest absolute Gasteiger partial charge is 0.456 e. The molecule has 0 radical (unpaired) electrons. The second kappa shape index (κ2) is 11.3. The first-order valence-corrected chi connectivity index (χ1v) is 19.2. The lowest BCUT2D eigenvalue weighted by Crippen LogP contribution is -2.32. The molecule has 0 fully saturated rings. The second-order valence-corrected chi connectivity index (χ2v) is 15.1. The average molecular weight is 699 g/mol. The first kappa shape index (κ1) is 30.5. The fourth-order valence-corrected chi connectivity index (χ4v) is 10.5. The van der Waals surface area contributed by atoms with Gasteiger partial charge in [-0.05, 0) is 78.0 Å². The smallest absolute Gasteiger partial charge is 0.140 e. The minimum absolute atomic E-state index is 0.497. The van der Waals surface area contributed by atoms with Crippen LogP contribution in [0.4, 0.5) is 0 Å². The number of hydrogen-bond acceptors (Lipinski definition) is 1. The molecule has 0 bridgehead atoms. The molecule has 0 N–H and O–H groups in total. The Labute approximate surface area is 320 Å². The van der Waals surface area contributed by atoms with E-state index in [4.69, 9.17) is 4.74 Å². The summed E-state index contributed by atoms with van der Waals surface area (Å²) >= 11 is 0. The Kier molecular flexibility index (Phi) is 6.25. The Morgan fingerprint density at radius 1 is 0.309 bits per heavy atom. The third kappa shape index (κ3) is 3.87. The Bertz CT molecular complexity index is 2960. The molecule has 1 spiro atoms. The Morgan fingerprint density at radius 2 is 0.836 bits per heavy atom. The highest BCUT2D eigenvalue weighted by atomic mass is 16.5. The molecule has 1 nitrogen and oxygen atoms in total. The van der Waals surface area contributed by atoms with Crippen LogP contribution in [0.2, 0.25) is 0 Å². The summed E-state index contributed by atoms with van der Waals surface area (Å²) < 4.78 is 7.04. The maximum atomic E-state index is 7.04. The summed E-state index contributed by atoms with van der Waals surface area (Å²) in [5.41, 5.74) is 16.5. The monoisotopic (exact) mass is 698 g/mol. The molecule has 2 aliphatic carbocycles. The van der Waals surface area contributed by atoms with E-state index in [1.807, 2.05) is 0 Å². The Morgan fingerprint density at radius 3 is 1.56 bits per heavy atom. The van der Waals surface area contributed by atoms with E-state index in [1.165, 1.54) is 77.5 Å². The molecular weight excluding hydrogens is 665 g/mol. The van der Waals surface area contributed by atoms with Gasteiger partial charge in [-0.1, -0.05) is 200 Å². The highest BCUT2D eigenvalue weighted by Crippen LogP contribution is 2.63. The van der Waals surface area contributed by atoms with Gasteiger partial charge in [0.2, 0.25) is 0 Å². The molecule has 55 heavy (non-hydrogen) atoms. The molecule has 1 heterocycles. The van der Waals surface area contributed by atoms with E-state index in [1.54, 1.807) is 0 Å². The van der Waals surface area contributed by atoms with Crippen molar-refractivity contribution in [3.63, 3.8) is 0 Å². The fraction of sp³-hybridized carbons (Fsp3) is 0.0370. The zero-order valence-corrected chi connectivity index (χ0v) is 30.0. The summed E-state index contributed by atoms with van der Waals surface area (Å²) in [6.45, 7) is 0. The number of hydrogen-bond donors (Lipinski definition) is 0. The van der Waals surface area contributed by atoms with Gasteiger partial charge in [0.15, 0.2) is 0 Å². The van der Waals surface area contributed by atoms with E-state index in [0.717, 1.165) is 22.6 Å². The molecule has 0 saturated heterocycles. The highest BCUT2D eigenvalue weighted by Gasteiger charge is 2.51. The van der Waals surface area contributed by atoms with Crippen LogP contribution in [0.3, 0.4) is 0 Å². The number of fused-ring (bicyclic) bond motifs is 14. The van der Waals surface area contributed by atoms with Gasteiger partial charge in [0.25, 0.3) is 0 Å². The highest BCUT2D eigenvalue weighted by molar-refractivity contribution is 6.00. The first-order chi connectivity index (χ1) is 27.3. The van der Waals surface area contributed by atoms with Crippen molar-refractivity contribution in [2.75, 3.05) is 0 Å². The average Bonchev–Trinajstić information content (AvgIpc) is 3.73. The van der Waals surface area contributed by atoms with E-state index in [0.29, 0.717) is 0 Å². The van der Waals surface area contributed by atoms with Crippen molar-refractivity contribution in [1.29, 1.82) is 0 Å². The minimum atomic E-state index is -0.501. The van der Waals surface area contributed by atoms with Gasteiger partial charge in [-0.3, -0.25) is 0 Å². The molecule has 256 valence electrons. The summed E-state index contributed by atoms with van der Waals surface area (Å²) in [4.78, 5) is 0. The number of para-hydroxylation sites is 2. The number of benzene rings is 9. The van der Waals surface area contributed by atoms with Crippen LogP contribution in [0, 0.1) is 0 Å². The minimum Gasteiger partial charge on any atom is -0.456 e. The predicted octanol–water partition coefficient (Wildman–Crippen LogP) is 13.3. The topological polar surface area (TPSA) is 9.23 Å². The summed E-state index contributed by atoms with van der Waals surface area (Å²) in [5.74, 6) is 1.82. The maximum absolute atomic E-state index is 7.04. The Hall–Kier alpha value is -6.96. The summed E-state index contributed by atoms with van der Waals surface area (Å²) in [6, 6.07) is 76.1. The molecule has 1 heteroatoms. The van der Waals surface area contributed by atoms with Gasteiger partial charge in [-0.2, -0.15) is 0 Å². The van der Waals surface area contributed by atoms with E-state index in [9.17, 15) is 0 Å². The zero-order valence-electron chi connectivity index (χ0n) is 30.0. The molecular formula is C54H34O. The third-order valence-corrected chi connectivity index (χ3v) is 12.6. The second-order valence-electron chi connectivity index (χ2n) is 15.1. The molecule has 3 aliphatic rings. The van der Waals surface area contributed by atoms with Crippen molar-refractivity contribution in [3.8, 4) is 44.9 Å². The van der Waals surface area contributed by atoms with Crippen molar-refractivity contribution in [2.45, 2.75) is 10.8 Å². The number of ether oxygens (including phenoxy) is 1. The van der Waals surface area contributed by atoms with Crippen LogP contribution >= 0.6 is 0 Å². The molecule has 0 saturated carbocycles. The first-order valence-electron chi connectivity index (χ1n) is 19.2. The van der Waals surface area contributed by atoms with E-state index >= 15 is 0 Å². The van der Waals surface area contributed by atoms with Crippen molar-refractivity contribution in [1.82, 2.24) is 0 Å². The lowest BCUT2D eigenvalue weighted by molar-refractivity contribution is 0.438. The third-order valence-electron chi connectivity index (χ3n) is 12.6. The molecule has 9 aromatic carbocycles. The van der Waals surface area contributed by atoms with Gasteiger partial charge in [0.05, 0.1) is 10.8 Å². The van der Waals surface area contributed by atoms with Gasteiger partial charge in [0, 0.05) is 16.7 Å². The van der Waals surface area contributed by atoms with E-state index < -0.39 is 10.8 Å². The van der Waals surface area contributed by atoms with Crippen LogP contribution in [-0.2, 0) is 10.8 Å².